The highest BCUT2D eigenvalue weighted by molar-refractivity contribution is 8.00. The van der Waals surface area contributed by atoms with Gasteiger partial charge in [-0.3, -0.25) is 14.5 Å². The zero-order valence-electron chi connectivity index (χ0n) is 12.8. The fourth-order valence-corrected chi connectivity index (χ4v) is 3.94. The third-order valence-corrected chi connectivity index (χ3v) is 5.03. The van der Waals surface area contributed by atoms with Gasteiger partial charge < -0.3 is 15.2 Å². The second kappa shape index (κ2) is 6.56. The molecule has 0 aliphatic carbocycles. The van der Waals surface area contributed by atoms with E-state index in [1.54, 1.807) is 24.3 Å². The first-order valence-electron chi connectivity index (χ1n) is 7.38. The fourth-order valence-electron chi connectivity index (χ4n) is 2.61. The molecule has 0 saturated carbocycles. The van der Waals surface area contributed by atoms with Crippen LogP contribution in [0.3, 0.4) is 0 Å². The molecule has 8 heteroatoms. The second-order valence-electron chi connectivity index (χ2n) is 5.44. The van der Waals surface area contributed by atoms with Crippen molar-refractivity contribution in [3.8, 4) is 5.75 Å². The van der Waals surface area contributed by atoms with Gasteiger partial charge in [0.05, 0.1) is 0 Å². The number of ether oxygens (including phenoxy) is 1. The van der Waals surface area contributed by atoms with E-state index in [1.807, 2.05) is 13.0 Å². The minimum absolute atomic E-state index is 0.0257. The number of nitrogens with zero attached hydrogens (tertiary/aromatic N) is 1. The summed E-state index contributed by atoms with van der Waals surface area (Å²) in [5.41, 5.74) is -0.0257. The summed E-state index contributed by atoms with van der Waals surface area (Å²) in [5.74, 6) is -1.42. The minimum atomic E-state index is -1.14. The Bertz CT molecular complexity index is 706. The van der Waals surface area contributed by atoms with Crippen molar-refractivity contribution in [1.29, 1.82) is 0 Å². The molecule has 2 aliphatic rings. The highest BCUT2D eigenvalue weighted by Crippen LogP contribution is 2.40. The van der Waals surface area contributed by atoms with Gasteiger partial charge in [0.15, 0.2) is 6.61 Å². The molecule has 0 aromatic heterocycles. The van der Waals surface area contributed by atoms with Crippen LogP contribution in [0.15, 0.2) is 42.1 Å². The lowest BCUT2D eigenvalue weighted by molar-refractivity contribution is -0.150. The number of β-lactam (4-membered cyclic amide) rings is 1. The molecule has 1 fully saturated rings. The van der Waals surface area contributed by atoms with Crippen molar-refractivity contribution < 1.29 is 24.2 Å². The zero-order chi connectivity index (χ0) is 17.3. The summed E-state index contributed by atoms with van der Waals surface area (Å²) in [7, 11) is 0. The van der Waals surface area contributed by atoms with Crippen LogP contribution in [0, 0.1) is 0 Å². The largest absolute Gasteiger partial charge is 0.484 e. The number of thioether (sulfide) groups is 1. The number of carbonyl (C=O) groups excluding carboxylic acids is 2. The van der Waals surface area contributed by atoms with Crippen molar-refractivity contribution in [2.45, 2.75) is 23.6 Å². The monoisotopic (exact) mass is 348 g/mol. The first-order valence-corrected chi connectivity index (χ1v) is 8.32. The lowest BCUT2D eigenvalue weighted by atomic mass is 10.0. The molecule has 7 nitrogen and oxygen atoms in total. The molecule has 24 heavy (non-hydrogen) atoms. The molecule has 2 amide bonds. The van der Waals surface area contributed by atoms with Gasteiger partial charge in [0.2, 0.25) is 0 Å². The molecule has 2 N–H and O–H groups in total. The summed E-state index contributed by atoms with van der Waals surface area (Å²) in [5, 5.41) is 11.4. The smallest absolute Gasteiger partial charge is 0.352 e. The number of rotatable bonds is 5. The highest BCUT2D eigenvalue weighted by atomic mass is 32.2. The number of benzene rings is 1. The molecule has 2 aliphatic heterocycles. The van der Waals surface area contributed by atoms with Crippen LogP contribution in [0.25, 0.3) is 0 Å². The number of amides is 2. The summed E-state index contributed by atoms with van der Waals surface area (Å²) in [6.07, 6.45) is 1.54. The van der Waals surface area contributed by atoms with Crippen molar-refractivity contribution in [3.05, 3.63) is 42.1 Å². The number of fused-ring (bicyclic) bond motifs is 1. The Morgan fingerprint density at radius 1 is 1.33 bits per heavy atom. The lowest BCUT2D eigenvalue weighted by Gasteiger charge is -2.49. The first-order chi connectivity index (χ1) is 11.5. The summed E-state index contributed by atoms with van der Waals surface area (Å²) >= 11 is 1.44. The number of carboxylic acid groups (broad SMARTS) is 1. The van der Waals surface area contributed by atoms with Gasteiger partial charge >= 0.3 is 5.97 Å². The van der Waals surface area contributed by atoms with Gasteiger partial charge in [-0.1, -0.05) is 18.2 Å². The summed E-state index contributed by atoms with van der Waals surface area (Å²) in [6.45, 7) is 1.65. The maximum absolute atomic E-state index is 12.2. The molecule has 3 rings (SSSR count). The summed E-state index contributed by atoms with van der Waals surface area (Å²) in [4.78, 5) is 36.6. The van der Waals surface area contributed by atoms with E-state index in [9.17, 15) is 19.5 Å². The molecule has 2 heterocycles. The van der Waals surface area contributed by atoms with E-state index in [0.29, 0.717) is 5.75 Å². The van der Waals surface area contributed by atoms with Gasteiger partial charge in [-0.05, 0) is 25.1 Å². The Hall–Kier alpha value is -2.48. The van der Waals surface area contributed by atoms with E-state index in [4.69, 9.17) is 4.74 Å². The van der Waals surface area contributed by atoms with Crippen LogP contribution in [0.1, 0.15) is 6.92 Å². The molecule has 0 bridgehead atoms. The van der Waals surface area contributed by atoms with E-state index in [2.05, 4.69) is 5.32 Å². The molecule has 0 radical (unpaired) electrons. The average molecular weight is 348 g/mol. The van der Waals surface area contributed by atoms with Crippen LogP contribution >= 0.6 is 11.8 Å². The normalized spacial score (nSPS) is 25.2. The molecular formula is C16H16N2O5S. The quantitative estimate of drug-likeness (QED) is 0.765. The Morgan fingerprint density at radius 3 is 2.71 bits per heavy atom. The van der Waals surface area contributed by atoms with Crippen LogP contribution in [0.2, 0.25) is 0 Å². The number of hydrogen-bond donors (Lipinski definition) is 2. The van der Waals surface area contributed by atoms with E-state index in [1.165, 1.54) is 22.7 Å². The van der Waals surface area contributed by atoms with Gasteiger partial charge in [-0.15, -0.1) is 11.8 Å². The van der Waals surface area contributed by atoms with Gasteiger partial charge in [0.1, 0.15) is 22.9 Å². The van der Waals surface area contributed by atoms with Gasteiger partial charge in [-0.25, -0.2) is 4.79 Å². The van der Waals surface area contributed by atoms with Gasteiger partial charge in [0, 0.05) is 5.25 Å². The molecule has 1 aromatic rings. The van der Waals surface area contributed by atoms with Crippen molar-refractivity contribution in [1.82, 2.24) is 10.2 Å². The minimum Gasteiger partial charge on any atom is -0.484 e. The average Bonchev–Trinajstić information content (AvgIpc) is 2.57. The number of aliphatic carboxylic acids is 1. The molecule has 3 atom stereocenters. The molecule has 2 unspecified atom stereocenters. The van der Waals surface area contributed by atoms with Crippen LogP contribution in [0.5, 0.6) is 5.75 Å². The number of carbonyl (C=O) groups is 3. The van der Waals surface area contributed by atoms with Crippen molar-refractivity contribution in [2.24, 2.45) is 0 Å². The molecule has 1 aromatic carbocycles. The van der Waals surface area contributed by atoms with Gasteiger partial charge in [-0.2, -0.15) is 0 Å². The van der Waals surface area contributed by atoms with E-state index >= 15 is 0 Å². The third kappa shape index (κ3) is 3.09. The molecular weight excluding hydrogens is 332 g/mol. The zero-order valence-corrected chi connectivity index (χ0v) is 13.7. The maximum Gasteiger partial charge on any atom is 0.352 e. The number of carboxylic acids is 1. The second-order valence-corrected chi connectivity index (χ2v) is 6.94. The Kier molecular flexibility index (Phi) is 4.48. The van der Waals surface area contributed by atoms with E-state index < -0.39 is 29.2 Å². The Balaban J connectivity index is 1.59. The Morgan fingerprint density at radius 2 is 2.04 bits per heavy atom. The number of para-hydroxylation sites is 1. The highest BCUT2D eigenvalue weighted by Gasteiger charge is 2.53. The standard InChI is InChI=1S/C16H16N2O5S/c1-9-7-11(16(21)22)18-14(20)13(15(18)24-9)17-12(19)8-23-10-5-3-2-4-6-10/h2-7,9,13,15H,8H2,1H3,(H,17,19)(H,21,22)/t9?,13?,15-/m1/s1. The first kappa shape index (κ1) is 16.4. The fraction of sp³-hybridized carbons (Fsp3) is 0.312. The predicted molar refractivity (Wildman–Crippen MR) is 87.3 cm³/mol. The van der Waals surface area contributed by atoms with Crippen LogP contribution in [-0.4, -0.2) is 51.1 Å². The van der Waals surface area contributed by atoms with E-state index in [0.717, 1.165) is 0 Å². The SMILES string of the molecule is CC1C=C(C(=O)O)N2C(=O)C(NC(=O)COc3ccccc3)[C@H]2S1. The van der Waals surface area contributed by atoms with Crippen molar-refractivity contribution >= 4 is 29.5 Å². The summed E-state index contributed by atoms with van der Waals surface area (Å²) < 4.78 is 5.34. The van der Waals surface area contributed by atoms with Crippen molar-refractivity contribution in [2.75, 3.05) is 6.61 Å². The topological polar surface area (TPSA) is 95.9 Å². The van der Waals surface area contributed by atoms with Crippen LogP contribution < -0.4 is 10.1 Å². The predicted octanol–water partition coefficient (Wildman–Crippen LogP) is 0.822. The van der Waals surface area contributed by atoms with Crippen LogP contribution in [-0.2, 0) is 14.4 Å². The maximum atomic E-state index is 12.2. The number of nitrogens with one attached hydrogen (secondary N) is 1. The lowest BCUT2D eigenvalue weighted by Crippen LogP contribution is -2.70. The van der Waals surface area contributed by atoms with E-state index in [-0.39, 0.29) is 17.6 Å². The van der Waals surface area contributed by atoms with Crippen molar-refractivity contribution in [3.63, 3.8) is 0 Å². The summed E-state index contributed by atoms with van der Waals surface area (Å²) in [6, 6.07) is 8.15. The van der Waals surface area contributed by atoms with Crippen LogP contribution in [0.4, 0.5) is 0 Å². The Labute approximate surface area is 142 Å². The molecule has 126 valence electrons. The van der Waals surface area contributed by atoms with Gasteiger partial charge in [0.25, 0.3) is 11.8 Å². The molecule has 0 spiro atoms. The number of hydrogen-bond acceptors (Lipinski definition) is 5. The third-order valence-electron chi connectivity index (χ3n) is 3.70. The molecule has 1 saturated heterocycles.